The zero-order valence-electron chi connectivity index (χ0n) is 9.67. The lowest BCUT2D eigenvalue weighted by atomic mass is 10.2. The molecule has 0 bridgehead atoms. The first-order chi connectivity index (χ1) is 8.04. The average Bonchev–Trinajstić information content (AvgIpc) is 2.27. The Morgan fingerprint density at radius 2 is 2.18 bits per heavy atom. The minimum Gasteiger partial charge on any atom is -0.487 e. The molecule has 2 rings (SSSR count). The summed E-state index contributed by atoms with van der Waals surface area (Å²) in [7, 11) is -3.35. The number of fused-ring (bicyclic) bond motifs is 1. The summed E-state index contributed by atoms with van der Waals surface area (Å²) in [6.07, 6.45) is -0.155. The Hall–Kier alpha value is -1.27. The normalized spacial score (nSPS) is 19.6. The zero-order chi connectivity index (χ0) is 12.5. The van der Waals surface area contributed by atoms with Gasteiger partial charge in [0.2, 0.25) is 10.0 Å². The Kier molecular flexibility index (Phi) is 3.26. The van der Waals surface area contributed by atoms with Gasteiger partial charge in [0.1, 0.15) is 11.9 Å². The monoisotopic (exact) mass is 256 g/mol. The van der Waals surface area contributed by atoms with E-state index in [1.165, 1.54) is 4.31 Å². The van der Waals surface area contributed by atoms with Crippen molar-refractivity contribution in [3.8, 4) is 5.75 Å². The van der Waals surface area contributed by atoms with Gasteiger partial charge in [-0.3, -0.25) is 4.31 Å². The molecule has 94 valence electrons. The second-order valence-electron chi connectivity index (χ2n) is 4.03. The van der Waals surface area contributed by atoms with Crippen molar-refractivity contribution in [3.05, 3.63) is 24.3 Å². The highest BCUT2D eigenvalue weighted by atomic mass is 32.2. The fraction of sp³-hybridized carbons (Fsp3) is 0.455. The first kappa shape index (κ1) is 12.2. The molecule has 0 aromatic heterocycles. The summed E-state index contributed by atoms with van der Waals surface area (Å²) in [5.74, 6) is 0.556. The van der Waals surface area contributed by atoms with Crippen molar-refractivity contribution in [2.24, 2.45) is 5.73 Å². The Balaban J connectivity index is 2.43. The SMILES string of the molecule is CC1CN(S(=O)(=O)CCN)c2ccccc2O1. The van der Waals surface area contributed by atoms with Crippen LogP contribution in [0.3, 0.4) is 0 Å². The van der Waals surface area contributed by atoms with Gasteiger partial charge >= 0.3 is 0 Å². The average molecular weight is 256 g/mol. The summed E-state index contributed by atoms with van der Waals surface area (Å²) in [6, 6.07) is 7.14. The zero-order valence-corrected chi connectivity index (χ0v) is 10.5. The highest BCUT2D eigenvalue weighted by Crippen LogP contribution is 2.34. The van der Waals surface area contributed by atoms with Crippen LogP contribution in [0.4, 0.5) is 5.69 Å². The number of hydrogen-bond acceptors (Lipinski definition) is 4. The minimum atomic E-state index is -3.35. The lowest BCUT2D eigenvalue weighted by Crippen LogP contribution is -2.44. The highest BCUT2D eigenvalue weighted by molar-refractivity contribution is 7.92. The molecule has 1 heterocycles. The Morgan fingerprint density at radius 3 is 2.88 bits per heavy atom. The van der Waals surface area contributed by atoms with Crippen LogP contribution in [-0.2, 0) is 10.0 Å². The van der Waals surface area contributed by atoms with Crippen molar-refractivity contribution < 1.29 is 13.2 Å². The number of benzene rings is 1. The molecule has 0 saturated carbocycles. The van der Waals surface area contributed by atoms with Crippen LogP contribution in [-0.4, -0.2) is 33.4 Å². The summed E-state index contributed by atoms with van der Waals surface area (Å²) < 4.78 is 31.2. The molecule has 0 spiro atoms. The van der Waals surface area contributed by atoms with E-state index < -0.39 is 10.0 Å². The quantitative estimate of drug-likeness (QED) is 0.857. The summed E-state index contributed by atoms with van der Waals surface area (Å²) in [4.78, 5) is 0. The van der Waals surface area contributed by atoms with Gasteiger partial charge in [0, 0.05) is 6.54 Å². The molecule has 1 unspecified atom stereocenters. The van der Waals surface area contributed by atoms with Gasteiger partial charge in [-0.25, -0.2) is 8.42 Å². The number of rotatable bonds is 3. The minimum absolute atomic E-state index is 0.0476. The number of sulfonamides is 1. The standard InChI is InChI=1S/C11H16N2O3S/c1-9-8-13(17(14,15)7-6-12)10-4-2-3-5-11(10)16-9/h2-5,9H,6-8,12H2,1H3. The lowest BCUT2D eigenvalue weighted by Gasteiger charge is -2.33. The van der Waals surface area contributed by atoms with E-state index in [4.69, 9.17) is 10.5 Å². The van der Waals surface area contributed by atoms with E-state index >= 15 is 0 Å². The third kappa shape index (κ3) is 2.37. The van der Waals surface area contributed by atoms with E-state index in [1.54, 1.807) is 18.2 Å². The Morgan fingerprint density at radius 1 is 1.47 bits per heavy atom. The summed E-state index contributed by atoms with van der Waals surface area (Å²) in [6.45, 7) is 2.30. The Labute approximate surface area is 101 Å². The van der Waals surface area contributed by atoms with E-state index in [-0.39, 0.29) is 18.4 Å². The molecule has 1 atom stereocenters. The van der Waals surface area contributed by atoms with E-state index in [1.807, 2.05) is 13.0 Å². The molecule has 0 aliphatic carbocycles. The van der Waals surface area contributed by atoms with Gasteiger partial charge in [-0.1, -0.05) is 12.1 Å². The first-order valence-electron chi connectivity index (χ1n) is 5.51. The smallest absolute Gasteiger partial charge is 0.236 e. The maximum absolute atomic E-state index is 12.1. The third-order valence-corrected chi connectivity index (χ3v) is 4.37. The van der Waals surface area contributed by atoms with Crippen molar-refractivity contribution in [2.45, 2.75) is 13.0 Å². The van der Waals surface area contributed by atoms with E-state index in [9.17, 15) is 8.42 Å². The van der Waals surface area contributed by atoms with Crippen LogP contribution in [0.15, 0.2) is 24.3 Å². The van der Waals surface area contributed by atoms with Crippen molar-refractivity contribution in [2.75, 3.05) is 23.1 Å². The fourth-order valence-electron chi connectivity index (χ4n) is 1.87. The third-order valence-electron chi connectivity index (χ3n) is 2.60. The number of hydrogen-bond donors (Lipinski definition) is 1. The maximum Gasteiger partial charge on any atom is 0.236 e. The van der Waals surface area contributed by atoms with Crippen molar-refractivity contribution in [3.63, 3.8) is 0 Å². The molecule has 17 heavy (non-hydrogen) atoms. The molecule has 5 nitrogen and oxygen atoms in total. The van der Waals surface area contributed by atoms with E-state index in [0.717, 1.165) is 0 Å². The number of nitrogens with two attached hydrogens (primary N) is 1. The summed E-state index contributed by atoms with van der Waals surface area (Å²) in [5, 5.41) is 0. The van der Waals surface area contributed by atoms with Crippen LogP contribution in [0.25, 0.3) is 0 Å². The van der Waals surface area contributed by atoms with Gasteiger partial charge in [-0.05, 0) is 19.1 Å². The topological polar surface area (TPSA) is 72.6 Å². The van der Waals surface area contributed by atoms with E-state index in [2.05, 4.69) is 0 Å². The molecule has 0 saturated heterocycles. The van der Waals surface area contributed by atoms with Gasteiger partial charge in [-0.2, -0.15) is 0 Å². The summed E-state index contributed by atoms with van der Waals surface area (Å²) >= 11 is 0. The number of ether oxygens (including phenoxy) is 1. The van der Waals surface area contributed by atoms with Crippen LogP contribution >= 0.6 is 0 Å². The molecule has 0 amide bonds. The van der Waals surface area contributed by atoms with Gasteiger partial charge in [-0.15, -0.1) is 0 Å². The maximum atomic E-state index is 12.1. The predicted molar refractivity (Wildman–Crippen MR) is 66.7 cm³/mol. The van der Waals surface area contributed by atoms with Crippen LogP contribution in [0.2, 0.25) is 0 Å². The number of para-hydroxylation sites is 2. The van der Waals surface area contributed by atoms with Crippen LogP contribution in [0.1, 0.15) is 6.92 Å². The van der Waals surface area contributed by atoms with Gasteiger partial charge in [0.05, 0.1) is 18.0 Å². The Bertz CT molecular complexity index is 501. The molecule has 2 N–H and O–H groups in total. The second-order valence-corrected chi connectivity index (χ2v) is 6.04. The van der Waals surface area contributed by atoms with Gasteiger partial charge in [0.15, 0.2) is 0 Å². The molecule has 1 aliphatic rings. The fourth-order valence-corrected chi connectivity index (χ4v) is 3.28. The van der Waals surface area contributed by atoms with Crippen molar-refractivity contribution >= 4 is 15.7 Å². The predicted octanol–water partition coefficient (Wildman–Crippen LogP) is 0.562. The molecule has 0 fully saturated rings. The lowest BCUT2D eigenvalue weighted by molar-refractivity contribution is 0.219. The van der Waals surface area contributed by atoms with Gasteiger partial charge < -0.3 is 10.5 Å². The molecule has 1 aromatic rings. The molecular formula is C11H16N2O3S. The molecule has 1 aromatic carbocycles. The number of anilines is 1. The first-order valence-corrected chi connectivity index (χ1v) is 7.11. The summed E-state index contributed by atoms with van der Waals surface area (Å²) in [5.41, 5.74) is 5.94. The molecule has 0 radical (unpaired) electrons. The van der Waals surface area contributed by atoms with Crippen LogP contribution in [0.5, 0.6) is 5.75 Å². The van der Waals surface area contributed by atoms with E-state index in [0.29, 0.717) is 18.0 Å². The highest BCUT2D eigenvalue weighted by Gasteiger charge is 2.30. The number of nitrogens with zero attached hydrogens (tertiary/aromatic N) is 1. The molecule has 1 aliphatic heterocycles. The van der Waals surface area contributed by atoms with Crippen molar-refractivity contribution in [1.29, 1.82) is 0 Å². The van der Waals surface area contributed by atoms with Crippen LogP contribution in [0, 0.1) is 0 Å². The molecular weight excluding hydrogens is 240 g/mol. The van der Waals surface area contributed by atoms with Crippen molar-refractivity contribution in [1.82, 2.24) is 0 Å². The molecule has 6 heteroatoms. The largest absolute Gasteiger partial charge is 0.487 e. The van der Waals surface area contributed by atoms with Gasteiger partial charge in [0.25, 0.3) is 0 Å². The second kappa shape index (κ2) is 4.54. The van der Waals surface area contributed by atoms with Crippen LogP contribution < -0.4 is 14.8 Å².